The molecule has 1 aromatic carbocycles. The first-order valence-corrected chi connectivity index (χ1v) is 8.20. The number of rotatable bonds is 5. The molecule has 1 aliphatic rings. The molecule has 124 valence electrons. The topological polar surface area (TPSA) is 46.3 Å². The summed E-state index contributed by atoms with van der Waals surface area (Å²) in [5, 5.41) is 0. The van der Waals surface area contributed by atoms with Gasteiger partial charge < -0.3 is 10.6 Å². The summed E-state index contributed by atoms with van der Waals surface area (Å²) in [7, 11) is 0. The molecule has 1 aliphatic heterocycles. The second-order valence-corrected chi connectivity index (χ2v) is 6.63. The zero-order valence-electron chi connectivity index (χ0n) is 13.8. The molecular formula is C18H29ClN2O. The fourth-order valence-corrected chi connectivity index (χ4v) is 3.07. The fraction of sp³-hybridized carbons (Fsp3) is 0.611. The van der Waals surface area contributed by atoms with Crippen LogP contribution in [0.1, 0.15) is 51.5 Å². The molecule has 1 heterocycles. The van der Waals surface area contributed by atoms with Crippen LogP contribution in [0.4, 0.5) is 5.69 Å². The van der Waals surface area contributed by atoms with E-state index in [2.05, 4.69) is 18.7 Å². The van der Waals surface area contributed by atoms with Gasteiger partial charge in [-0.1, -0.05) is 26.0 Å². The van der Waals surface area contributed by atoms with E-state index in [1.807, 2.05) is 24.3 Å². The molecule has 1 amide bonds. The van der Waals surface area contributed by atoms with E-state index in [1.54, 1.807) is 0 Å². The number of hydrogen-bond donors (Lipinski definition) is 1. The summed E-state index contributed by atoms with van der Waals surface area (Å²) in [6.07, 6.45) is 6.42. The quantitative estimate of drug-likeness (QED) is 0.830. The second kappa shape index (κ2) is 9.04. The zero-order chi connectivity index (χ0) is 15.2. The van der Waals surface area contributed by atoms with Gasteiger partial charge in [0.25, 0.3) is 0 Å². The van der Waals surface area contributed by atoms with Gasteiger partial charge in [0, 0.05) is 18.3 Å². The standard InChI is InChI=1S/C18H28N2O.ClH/c1-14(2)6-11-17-5-3-4-12-20(17)18(21)13-15-7-9-16(19)10-8-15;/h7-10,14,17H,3-6,11-13,19H2,1-2H3;1H. The third-order valence-electron chi connectivity index (χ3n) is 4.36. The molecule has 1 fully saturated rings. The van der Waals surface area contributed by atoms with Crippen LogP contribution in [0.5, 0.6) is 0 Å². The monoisotopic (exact) mass is 324 g/mol. The molecule has 1 atom stereocenters. The Balaban J connectivity index is 0.00000242. The van der Waals surface area contributed by atoms with Gasteiger partial charge in [0.1, 0.15) is 0 Å². The van der Waals surface area contributed by atoms with Gasteiger partial charge in [0.2, 0.25) is 5.91 Å². The first-order chi connectivity index (χ1) is 10.1. The van der Waals surface area contributed by atoms with Crippen molar-refractivity contribution in [3.63, 3.8) is 0 Å². The molecule has 1 saturated heterocycles. The van der Waals surface area contributed by atoms with Crippen molar-refractivity contribution in [1.82, 2.24) is 4.90 Å². The van der Waals surface area contributed by atoms with E-state index in [4.69, 9.17) is 5.73 Å². The van der Waals surface area contributed by atoms with E-state index in [9.17, 15) is 4.79 Å². The highest BCUT2D eigenvalue weighted by Crippen LogP contribution is 2.23. The molecule has 4 heteroatoms. The van der Waals surface area contributed by atoms with Crippen molar-refractivity contribution in [1.29, 1.82) is 0 Å². The Morgan fingerprint density at radius 1 is 1.27 bits per heavy atom. The van der Waals surface area contributed by atoms with Crippen molar-refractivity contribution in [2.45, 2.75) is 58.4 Å². The Hall–Kier alpha value is -1.22. The third-order valence-corrected chi connectivity index (χ3v) is 4.36. The maximum Gasteiger partial charge on any atom is 0.227 e. The number of likely N-dealkylation sites (tertiary alicyclic amines) is 1. The number of nitrogens with zero attached hydrogens (tertiary/aromatic N) is 1. The highest BCUT2D eigenvalue weighted by atomic mass is 35.5. The molecule has 0 aromatic heterocycles. The second-order valence-electron chi connectivity index (χ2n) is 6.63. The summed E-state index contributed by atoms with van der Waals surface area (Å²) in [5.41, 5.74) is 7.50. The lowest BCUT2D eigenvalue weighted by Crippen LogP contribution is -2.44. The van der Waals surface area contributed by atoms with Crippen LogP contribution < -0.4 is 5.73 Å². The number of piperidine rings is 1. The van der Waals surface area contributed by atoms with Crippen molar-refractivity contribution in [2.75, 3.05) is 12.3 Å². The van der Waals surface area contributed by atoms with Crippen molar-refractivity contribution < 1.29 is 4.79 Å². The van der Waals surface area contributed by atoms with Crippen LogP contribution in [0, 0.1) is 5.92 Å². The van der Waals surface area contributed by atoms with Gasteiger partial charge in [-0.3, -0.25) is 4.79 Å². The van der Waals surface area contributed by atoms with Crippen LogP contribution in [0.3, 0.4) is 0 Å². The Morgan fingerprint density at radius 2 is 1.95 bits per heavy atom. The maximum atomic E-state index is 12.6. The largest absolute Gasteiger partial charge is 0.399 e. The predicted molar refractivity (Wildman–Crippen MR) is 95.2 cm³/mol. The molecule has 0 aliphatic carbocycles. The number of carbonyl (C=O) groups is 1. The maximum absolute atomic E-state index is 12.6. The van der Waals surface area contributed by atoms with Gasteiger partial charge in [0.15, 0.2) is 0 Å². The van der Waals surface area contributed by atoms with Crippen LogP contribution in [0.25, 0.3) is 0 Å². The summed E-state index contributed by atoms with van der Waals surface area (Å²) in [6.45, 7) is 5.43. The van der Waals surface area contributed by atoms with Crippen LogP contribution >= 0.6 is 12.4 Å². The number of benzene rings is 1. The first-order valence-electron chi connectivity index (χ1n) is 8.20. The predicted octanol–water partition coefficient (Wildman–Crippen LogP) is 4.05. The van der Waals surface area contributed by atoms with E-state index in [0.29, 0.717) is 18.4 Å². The summed E-state index contributed by atoms with van der Waals surface area (Å²) in [6, 6.07) is 8.10. The zero-order valence-corrected chi connectivity index (χ0v) is 14.6. The van der Waals surface area contributed by atoms with Crippen molar-refractivity contribution in [2.24, 2.45) is 5.92 Å². The minimum Gasteiger partial charge on any atom is -0.399 e. The summed E-state index contributed by atoms with van der Waals surface area (Å²) < 4.78 is 0. The Morgan fingerprint density at radius 3 is 2.59 bits per heavy atom. The smallest absolute Gasteiger partial charge is 0.227 e. The van der Waals surface area contributed by atoms with Crippen molar-refractivity contribution in [3.8, 4) is 0 Å². The lowest BCUT2D eigenvalue weighted by atomic mass is 9.94. The molecule has 0 saturated carbocycles. The number of nitrogens with two attached hydrogens (primary N) is 1. The molecule has 2 rings (SSSR count). The number of amides is 1. The van der Waals surface area contributed by atoms with Crippen LogP contribution in [0.15, 0.2) is 24.3 Å². The van der Waals surface area contributed by atoms with E-state index >= 15 is 0 Å². The van der Waals surface area contributed by atoms with Gasteiger partial charge in [-0.15, -0.1) is 12.4 Å². The van der Waals surface area contributed by atoms with Gasteiger partial charge in [0.05, 0.1) is 6.42 Å². The minimum absolute atomic E-state index is 0. The lowest BCUT2D eigenvalue weighted by molar-refractivity contribution is -0.134. The van der Waals surface area contributed by atoms with Gasteiger partial charge >= 0.3 is 0 Å². The highest BCUT2D eigenvalue weighted by molar-refractivity contribution is 5.85. The molecule has 0 spiro atoms. The molecule has 3 nitrogen and oxygen atoms in total. The summed E-state index contributed by atoms with van der Waals surface area (Å²) in [4.78, 5) is 14.7. The van der Waals surface area contributed by atoms with E-state index < -0.39 is 0 Å². The van der Waals surface area contributed by atoms with Gasteiger partial charge in [-0.2, -0.15) is 0 Å². The number of nitrogen functional groups attached to an aromatic ring is 1. The molecule has 0 bridgehead atoms. The molecule has 2 N–H and O–H groups in total. The minimum atomic E-state index is 0. The first kappa shape index (κ1) is 18.8. The van der Waals surface area contributed by atoms with Crippen molar-refractivity contribution >= 4 is 24.0 Å². The molecule has 1 aromatic rings. The number of hydrogen-bond acceptors (Lipinski definition) is 2. The van der Waals surface area contributed by atoms with Gasteiger partial charge in [-0.05, 0) is 55.7 Å². The van der Waals surface area contributed by atoms with Crippen LogP contribution in [-0.2, 0) is 11.2 Å². The number of anilines is 1. The summed E-state index contributed by atoms with van der Waals surface area (Å²) in [5.74, 6) is 0.981. The average Bonchev–Trinajstić information content (AvgIpc) is 2.47. The number of carbonyl (C=O) groups excluding carboxylic acids is 1. The fourth-order valence-electron chi connectivity index (χ4n) is 3.07. The lowest BCUT2D eigenvalue weighted by Gasteiger charge is -2.36. The number of halogens is 1. The Labute approximate surface area is 140 Å². The highest BCUT2D eigenvalue weighted by Gasteiger charge is 2.26. The Bertz CT molecular complexity index is 459. The van der Waals surface area contributed by atoms with E-state index in [1.165, 1.54) is 19.3 Å². The third kappa shape index (κ3) is 5.53. The van der Waals surface area contributed by atoms with Crippen LogP contribution in [-0.4, -0.2) is 23.4 Å². The average molecular weight is 325 g/mol. The Kier molecular flexibility index (Phi) is 7.74. The molecular weight excluding hydrogens is 296 g/mol. The van der Waals surface area contributed by atoms with Gasteiger partial charge in [-0.25, -0.2) is 0 Å². The summed E-state index contributed by atoms with van der Waals surface area (Å²) >= 11 is 0. The molecule has 22 heavy (non-hydrogen) atoms. The van der Waals surface area contributed by atoms with Crippen LogP contribution in [0.2, 0.25) is 0 Å². The van der Waals surface area contributed by atoms with Crippen molar-refractivity contribution in [3.05, 3.63) is 29.8 Å². The molecule has 1 unspecified atom stereocenters. The molecule has 0 radical (unpaired) electrons. The SMILES string of the molecule is CC(C)CCC1CCCCN1C(=O)Cc1ccc(N)cc1.Cl. The van der Waals surface area contributed by atoms with E-state index in [-0.39, 0.29) is 18.3 Å². The normalized spacial score (nSPS) is 18.1. The van der Waals surface area contributed by atoms with E-state index in [0.717, 1.165) is 30.6 Å².